The predicted octanol–water partition coefficient (Wildman–Crippen LogP) is 5.92. The Morgan fingerprint density at radius 2 is 0.978 bits per heavy atom. The number of carbonyl (C=O) groups excluding carboxylic acids is 1. The van der Waals surface area contributed by atoms with Crippen molar-refractivity contribution in [3.8, 4) is 17.2 Å². The van der Waals surface area contributed by atoms with Crippen LogP contribution in [-0.2, 0) is 10.1 Å². The van der Waals surface area contributed by atoms with E-state index >= 15 is 0 Å². The van der Waals surface area contributed by atoms with Gasteiger partial charge in [-0.1, -0.05) is 0 Å². The predicted molar refractivity (Wildman–Crippen MR) is 105 cm³/mol. The molecule has 262 valence electrons. The minimum absolute atomic E-state index is 0.673. The molecule has 0 aliphatic heterocycles. The number of carbonyl (C=O) groups is 1. The lowest BCUT2D eigenvalue weighted by molar-refractivity contribution is -0.316. The summed E-state index contributed by atoms with van der Waals surface area (Å²) in [5.74, 6) is -12.4. The fraction of sp³-hybridized carbons (Fsp3) is 0.611. The third kappa shape index (κ3) is 10.9. The highest BCUT2D eigenvalue weighted by atomic mass is 32.2. The van der Waals surface area contributed by atoms with Crippen molar-refractivity contribution < 1.29 is 111 Å². The minimum atomic E-state index is -6.70. The Morgan fingerprint density at radius 1 is 0.667 bits per heavy atom. The third-order valence-corrected chi connectivity index (χ3v) is 5.13. The van der Waals surface area contributed by atoms with E-state index in [1.165, 1.54) is 5.32 Å². The molecule has 2 N–H and O–H groups in total. The molecule has 0 radical (unpaired) electrons. The van der Waals surface area contributed by atoms with Gasteiger partial charge in [0.05, 0.1) is 5.75 Å². The SMILES string of the molecule is O=C(NCCS(=O)(=O)O)c1cc(OC(F)(F)C(F)C(F)(F)F)c(OC(F)(F)C(F)C(F)(F)F)c(OC(F)(F)C(F)C(F)(F)F)c1. The van der Waals surface area contributed by atoms with E-state index in [4.69, 9.17) is 4.55 Å². The highest BCUT2D eigenvalue weighted by molar-refractivity contribution is 7.85. The molecule has 0 heterocycles. The van der Waals surface area contributed by atoms with Crippen LogP contribution in [0.5, 0.6) is 17.2 Å². The van der Waals surface area contributed by atoms with Crippen molar-refractivity contribution in [1.29, 1.82) is 0 Å². The quantitative estimate of drug-likeness (QED) is 0.192. The second-order valence-corrected chi connectivity index (χ2v) is 9.62. The van der Waals surface area contributed by atoms with E-state index in [0.717, 1.165) is 0 Å². The second-order valence-electron chi connectivity index (χ2n) is 8.05. The zero-order chi connectivity index (χ0) is 35.8. The van der Waals surface area contributed by atoms with Crippen LogP contribution in [0, 0.1) is 0 Å². The first kappa shape index (κ1) is 39.8. The lowest BCUT2D eigenvalue weighted by Crippen LogP contribution is -2.47. The zero-order valence-corrected chi connectivity index (χ0v) is 21.2. The van der Waals surface area contributed by atoms with Crippen molar-refractivity contribution >= 4 is 16.0 Å². The Balaban J connectivity index is 4.06. The van der Waals surface area contributed by atoms with Crippen molar-refractivity contribution in [2.75, 3.05) is 12.3 Å². The van der Waals surface area contributed by atoms with Gasteiger partial charge in [-0.05, 0) is 12.1 Å². The summed E-state index contributed by atoms with van der Waals surface area (Å²) in [5, 5.41) is 1.37. The number of benzene rings is 1. The molecule has 8 nitrogen and oxygen atoms in total. The van der Waals surface area contributed by atoms with Gasteiger partial charge in [0, 0.05) is 12.1 Å². The van der Waals surface area contributed by atoms with E-state index < -0.39 is 119 Å². The van der Waals surface area contributed by atoms with Crippen LogP contribution in [0.1, 0.15) is 10.4 Å². The smallest absolute Gasteiger partial charge is 0.426 e. The molecule has 0 saturated heterocycles. The van der Waals surface area contributed by atoms with Crippen LogP contribution in [0.4, 0.5) is 79.0 Å². The topological polar surface area (TPSA) is 111 Å². The van der Waals surface area contributed by atoms with Gasteiger partial charge >= 0.3 is 36.9 Å². The number of hydrogen-bond acceptors (Lipinski definition) is 6. The molecule has 0 aliphatic carbocycles. The molecule has 1 aromatic rings. The van der Waals surface area contributed by atoms with E-state index in [9.17, 15) is 92.2 Å². The van der Waals surface area contributed by atoms with E-state index in [1.54, 1.807) is 0 Å². The molecule has 1 rings (SSSR count). The number of nitrogens with one attached hydrogen (secondary N) is 1. The summed E-state index contributed by atoms with van der Waals surface area (Å²) in [6.07, 6.45) is -56.2. The molecule has 1 amide bonds. The van der Waals surface area contributed by atoms with Gasteiger partial charge in [0.15, 0.2) is 11.5 Å². The summed E-state index contributed by atoms with van der Waals surface area (Å²) in [6.45, 7) is -1.26. The number of rotatable bonds is 13. The third-order valence-electron chi connectivity index (χ3n) is 4.41. The molecule has 45 heavy (non-hydrogen) atoms. The van der Waals surface area contributed by atoms with Crippen molar-refractivity contribution in [3.63, 3.8) is 0 Å². The fourth-order valence-electron chi connectivity index (χ4n) is 2.51. The molecule has 3 unspecified atom stereocenters. The number of alkyl halides is 18. The normalized spacial score (nSPS) is 16.1. The van der Waals surface area contributed by atoms with Crippen LogP contribution in [0.25, 0.3) is 0 Å². The maximum absolute atomic E-state index is 14.0. The lowest BCUT2D eigenvalue weighted by Gasteiger charge is -2.29. The molecule has 3 atom stereocenters. The molecular weight excluding hydrogens is 716 g/mol. The average molecular weight is 727 g/mol. The van der Waals surface area contributed by atoms with Crippen molar-refractivity contribution in [2.24, 2.45) is 0 Å². The maximum atomic E-state index is 14.0. The van der Waals surface area contributed by atoms with E-state index in [0.29, 0.717) is 0 Å². The molecule has 0 bridgehead atoms. The average Bonchev–Trinajstić information content (AvgIpc) is 2.81. The van der Waals surface area contributed by atoms with Gasteiger partial charge in [-0.2, -0.15) is 74.3 Å². The van der Waals surface area contributed by atoms with Crippen LogP contribution in [-0.4, -0.2) is 86.5 Å². The van der Waals surface area contributed by atoms with Crippen LogP contribution in [0.2, 0.25) is 0 Å². The van der Waals surface area contributed by atoms with Gasteiger partial charge in [0.25, 0.3) is 34.5 Å². The molecule has 0 spiro atoms. The van der Waals surface area contributed by atoms with E-state index in [-0.39, 0.29) is 0 Å². The fourth-order valence-corrected chi connectivity index (χ4v) is 2.87. The summed E-state index contributed by atoms with van der Waals surface area (Å²) in [5.41, 5.74) is -1.81. The Kier molecular flexibility index (Phi) is 11.4. The van der Waals surface area contributed by atoms with Crippen LogP contribution >= 0.6 is 0 Å². The first-order valence-electron chi connectivity index (χ1n) is 10.5. The molecule has 1 aromatic carbocycles. The summed E-state index contributed by atoms with van der Waals surface area (Å²) in [4.78, 5) is 12.2. The van der Waals surface area contributed by atoms with Gasteiger partial charge in [0.1, 0.15) is 0 Å². The number of ether oxygens (including phenoxy) is 3. The molecule has 0 aliphatic rings. The zero-order valence-electron chi connectivity index (χ0n) is 20.4. The van der Waals surface area contributed by atoms with E-state index in [2.05, 4.69) is 14.2 Å². The Labute approximate surface area is 235 Å². The molecule has 0 saturated carbocycles. The van der Waals surface area contributed by atoms with Gasteiger partial charge in [-0.25, -0.2) is 13.2 Å². The molecular formula is C18H11F18NO7S. The highest BCUT2D eigenvalue weighted by Gasteiger charge is 2.63. The van der Waals surface area contributed by atoms with Crippen molar-refractivity contribution in [1.82, 2.24) is 5.32 Å². The summed E-state index contributed by atoms with van der Waals surface area (Å²) < 4.78 is 276. The molecule has 0 aromatic heterocycles. The molecule has 0 fully saturated rings. The summed E-state index contributed by atoms with van der Waals surface area (Å²) in [6, 6.07) is -1.35. The van der Waals surface area contributed by atoms with Gasteiger partial charge < -0.3 is 19.5 Å². The largest absolute Gasteiger partial charge is 0.439 e. The Bertz CT molecular complexity index is 1260. The molecule has 27 heteroatoms. The number of hydrogen-bond donors (Lipinski definition) is 2. The Hall–Kier alpha value is -3.26. The second kappa shape index (κ2) is 12.9. The van der Waals surface area contributed by atoms with Crippen LogP contribution < -0.4 is 19.5 Å². The van der Waals surface area contributed by atoms with Gasteiger partial charge in [-0.3, -0.25) is 9.35 Å². The monoisotopic (exact) mass is 727 g/mol. The van der Waals surface area contributed by atoms with Crippen LogP contribution in [0.3, 0.4) is 0 Å². The summed E-state index contributed by atoms with van der Waals surface area (Å²) >= 11 is 0. The highest BCUT2D eigenvalue weighted by Crippen LogP contribution is 2.49. The van der Waals surface area contributed by atoms with Gasteiger partial charge in [-0.15, -0.1) is 0 Å². The van der Waals surface area contributed by atoms with Gasteiger partial charge in [0.2, 0.25) is 5.75 Å². The summed E-state index contributed by atoms with van der Waals surface area (Å²) in [7, 11) is -4.95. The standard InChI is InChI=1S/C18H11F18NO7S/c19-10(13(22,23)24)16(31,32)42-6-3-5(9(38)37-1-2-45(39,40)41)4-7(43-17(33,34)11(20)14(25,26)27)8(6)44-18(35,36)12(21)15(28,29)30/h3-4,10-12H,1-2H2,(H,37,38)(H,39,40,41). The number of halogens is 18. The van der Waals surface area contributed by atoms with E-state index in [1.807, 2.05) is 0 Å². The maximum Gasteiger partial charge on any atom is 0.439 e. The first-order chi connectivity index (χ1) is 19.7. The van der Waals surface area contributed by atoms with Crippen LogP contribution in [0.15, 0.2) is 12.1 Å². The lowest BCUT2D eigenvalue weighted by atomic mass is 10.1. The first-order valence-corrected chi connectivity index (χ1v) is 12.1. The minimum Gasteiger partial charge on any atom is -0.426 e. The van der Waals surface area contributed by atoms with Crippen molar-refractivity contribution in [2.45, 2.75) is 55.4 Å². The number of amides is 1. The Morgan fingerprint density at radius 3 is 1.27 bits per heavy atom. The van der Waals surface area contributed by atoms with Crippen molar-refractivity contribution in [3.05, 3.63) is 17.7 Å².